The number of hydrogen-bond acceptors (Lipinski definition) is 3. The summed E-state index contributed by atoms with van der Waals surface area (Å²) in [4.78, 5) is 0. The second-order valence-corrected chi connectivity index (χ2v) is 5.83. The minimum absolute atomic E-state index is 0.512. The Labute approximate surface area is 87.7 Å². The van der Waals surface area contributed by atoms with Crippen LogP contribution in [0.25, 0.3) is 0 Å². The van der Waals surface area contributed by atoms with Crippen molar-refractivity contribution in [3.63, 3.8) is 0 Å². The van der Waals surface area contributed by atoms with Gasteiger partial charge in [-0.3, -0.25) is 4.57 Å². The van der Waals surface area contributed by atoms with Crippen LogP contribution in [0.4, 0.5) is 0 Å². The van der Waals surface area contributed by atoms with Crippen molar-refractivity contribution in [3.8, 4) is 0 Å². The van der Waals surface area contributed by atoms with Crippen molar-refractivity contribution >= 4 is 7.60 Å². The Morgan fingerprint density at radius 1 is 1.36 bits per heavy atom. The lowest BCUT2D eigenvalue weighted by Gasteiger charge is -2.17. The molecule has 4 heteroatoms. The molecule has 0 amide bonds. The van der Waals surface area contributed by atoms with E-state index in [0.29, 0.717) is 12.5 Å². The number of rotatable bonds is 8. The molecule has 3 nitrogen and oxygen atoms in total. The third-order valence-electron chi connectivity index (χ3n) is 2.42. The maximum atomic E-state index is 11.4. The van der Waals surface area contributed by atoms with Crippen LogP contribution >= 0.6 is 7.60 Å². The second kappa shape index (κ2) is 7.44. The van der Waals surface area contributed by atoms with E-state index >= 15 is 0 Å². The summed E-state index contributed by atoms with van der Waals surface area (Å²) in [6, 6.07) is 0. The summed E-state index contributed by atoms with van der Waals surface area (Å²) in [7, 11) is -1.35. The van der Waals surface area contributed by atoms with E-state index in [9.17, 15) is 4.57 Å². The van der Waals surface area contributed by atoms with E-state index in [1.807, 2.05) is 0 Å². The van der Waals surface area contributed by atoms with Gasteiger partial charge in [-0.05, 0) is 12.3 Å². The topological polar surface area (TPSA) is 35.5 Å². The number of hydrogen-bond donors (Lipinski definition) is 0. The molecule has 86 valence electrons. The van der Waals surface area contributed by atoms with Gasteiger partial charge < -0.3 is 9.05 Å². The highest BCUT2D eigenvalue weighted by atomic mass is 31.2. The molecule has 0 aliphatic carbocycles. The molecule has 0 N–H and O–H groups in total. The Balaban J connectivity index is 3.77. The van der Waals surface area contributed by atoms with Crippen LogP contribution < -0.4 is 0 Å². The summed E-state index contributed by atoms with van der Waals surface area (Å²) in [5, 5.41) is 0. The Bertz CT molecular complexity index is 182. The predicted octanol–water partition coefficient (Wildman–Crippen LogP) is 3.69. The van der Waals surface area contributed by atoms with Gasteiger partial charge in [-0.15, -0.1) is 0 Å². The summed E-state index contributed by atoms with van der Waals surface area (Å²) in [5.74, 6) is 0.512. The molecule has 0 saturated carbocycles. The molecule has 0 fully saturated rings. The van der Waals surface area contributed by atoms with E-state index in [0.717, 1.165) is 12.8 Å². The Kier molecular flexibility index (Phi) is 7.52. The van der Waals surface area contributed by atoms with Gasteiger partial charge in [0.1, 0.15) is 0 Å². The largest absolute Gasteiger partial charge is 0.327 e. The lowest BCUT2D eigenvalue weighted by atomic mass is 10.0. The van der Waals surface area contributed by atoms with Gasteiger partial charge in [0.15, 0.2) is 0 Å². The molecule has 0 saturated heterocycles. The molecular formula is C10H23O3P. The normalized spacial score (nSPS) is 17.7. The minimum atomic E-state index is -2.77. The maximum Gasteiger partial charge on any atom is 0.327 e. The van der Waals surface area contributed by atoms with Crippen LogP contribution in [0.15, 0.2) is 0 Å². The molecule has 0 rings (SSSR count). The summed E-state index contributed by atoms with van der Waals surface area (Å²) in [6.07, 6.45) is 4.63. The van der Waals surface area contributed by atoms with Crippen LogP contribution in [-0.4, -0.2) is 20.4 Å². The minimum Gasteiger partial charge on any atom is -0.312 e. The van der Waals surface area contributed by atoms with Gasteiger partial charge in [0.2, 0.25) is 0 Å². The Hall–Kier alpha value is 0.150. The van der Waals surface area contributed by atoms with Crippen molar-refractivity contribution in [2.24, 2.45) is 5.92 Å². The Morgan fingerprint density at radius 3 is 2.43 bits per heavy atom. The standard InChI is InChI=1S/C10H23O3P/c1-5-7-8-10(6-2)9-13-14(4,11)12-3/h10H,5-9H2,1-4H3. The zero-order valence-corrected chi connectivity index (χ0v) is 10.7. The molecule has 0 aromatic carbocycles. The summed E-state index contributed by atoms with van der Waals surface area (Å²) >= 11 is 0. The van der Waals surface area contributed by atoms with Crippen LogP contribution in [-0.2, 0) is 13.6 Å². The smallest absolute Gasteiger partial charge is 0.312 e. The fraction of sp³-hybridized carbons (Fsp3) is 1.00. The average Bonchev–Trinajstić information content (AvgIpc) is 2.18. The predicted molar refractivity (Wildman–Crippen MR) is 59.8 cm³/mol. The van der Waals surface area contributed by atoms with E-state index < -0.39 is 7.60 Å². The fourth-order valence-corrected chi connectivity index (χ4v) is 1.78. The maximum absolute atomic E-state index is 11.4. The van der Waals surface area contributed by atoms with E-state index in [1.165, 1.54) is 26.6 Å². The molecule has 0 aromatic rings. The summed E-state index contributed by atoms with van der Waals surface area (Å²) < 4.78 is 21.5. The highest BCUT2D eigenvalue weighted by Crippen LogP contribution is 2.43. The van der Waals surface area contributed by atoms with Crippen molar-refractivity contribution in [2.75, 3.05) is 20.4 Å². The third-order valence-corrected chi connectivity index (χ3v) is 3.70. The van der Waals surface area contributed by atoms with Crippen molar-refractivity contribution in [2.45, 2.75) is 39.5 Å². The molecule has 0 radical (unpaired) electrons. The van der Waals surface area contributed by atoms with Gasteiger partial charge in [-0.2, -0.15) is 0 Å². The molecule has 0 aliphatic rings. The zero-order valence-electron chi connectivity index (χ0n) is 9.78. The molecule has 0 aliphatic heterocycles. The first-order valence-electron chi connectivity index (χ1n) is 5.33. The zero-order chi connectivity index (χ0) is 11.0. The SMILES string of the molecule is CCCCC(CC)COP(C)(=O)OC. The van der Waals surface area contributed by atoms with Gasteiger partial charge in [0.05, 0.1) is 6.61 Å². The highest BCUT2D eigenvalue weighted by molar-refractivity contribution is 7.52. The van der Waals surface area contributed by atoms with Crippen LogP contribution in [0.2, 0.25) is 0 Å². The third kappa shape index (κ3) is 6.58. The molecule has 14 heavy (non-hydrogen) atoms. The van der Waals surface area contributed by atoms with E-state index in [1.54, 1.807) is 0 Å². The van der Waals surface area contributed by atoms with Crippen LogP contribution in [0.5, 0.6) is 0 Å². The second-order valence-electron chi connectivity index (χ2n) is 3.67. The first kappa shape index (κ1) is 14.2. The van der Waals surface area contributed by atoms with Gasteiger partial charge in [-0.1, -0.05) is 33.1 Å². The average molecular weight is 222 g/mol. The van der Waals surface area contributed by atoms with E-state index in [4.69, 9.17) is 9.05 Å². The van der Waals surface area contributed by atoms with Crippen LogP contribution in [0.1, 0.15) is 39.5 Å². The molecule has 0 heterocycles. The van der Waals surface area contributed by atoms with Crippen molar-refractivity contribution < 1.29 is 13.6 Å². The highest BCUT2D eigenvalue weighted by Gasteiger charge is 2.16. The van der Waals surface area contributed by atoms with E-state index in [-0.39, 0.29) is 0 Å². The summed E-state index contributed by atoms with van der Waals surface area (Å²) in [5.41, 5.74) is 0. The van der Waals surface area contributed by atoms with Crippen molar-refractivity contribution in [3.05, 3.63) is 0 Å². The van der Waals surface area contributed by atoms with Gasteiger partial charge in [0.25, 0.3) is 0 Å². The molecule has 0 aromatic heterocycles. The molecule has 0 spiro atoms. The Morgan fingerprint density at radius 2 is 2.00 bits per heavy atom. The van der Waals surface area contributed by atoms with Crippen molar-refractivity contribution in [1.29, 1.82) is 0 Å². The molecule has 2 atom stereocenters. The first-order chi connectivity index (χ1) is 6.55. The number of unbranched alkanes of at least 4 members (excludes halogenated alkanes) is 1. The van der Waals surface area contributed by atoms with Crippen LogP contribution in [0, 0.1) is 5.92 Å². The molecular weight excluding hydrogens is 199 g/mol. The first-order valence-corrected chi connectivity index (χ1v) is 7.32. The van der Waals surface area contributed by atoms with Gasteiger partial charge >= 0.3 is 7.60 Å². The lowest BCUT2D eigenvalue weighted by molar-refractivity contribution is 0.193. The van der Waals surface area contributed by atoms with Gasteiger partial charge in [0, 0.05) is 13.8 Å². The van der Waals surface area contributed by atoms with Crippen LogP contribution in [0.3, 0.4) is 0 Å². The lowest BCUT2D eigenvalue weighted by Crippen LogP contribution is -2.08. The summed E-state index contributed by atoms with van der Waals surface area (Å²) in [6.45, 7) is 6.38. The molecule has 0 bridgehead atoms. The fourth-order valence-electron chi connectivity index (χ4n) is 1.19. The van der Waals surface area contributed by atoms with E-state index in [2.05, 4.69) is 13.8 Å². The van der Waals surface area contributed by atoms with Crippen molar-refractivity contribution in [1.82, 2.24) is 0 Å². The molecule has 2 unspecified atom stereocenters. The quantitative estimate of drug-likeness (QED) is 0.587. The monoisotopic (exact) mass is 222 g/mol. The van der Waals surface area contributed by atoms with Gasteiger partial charge in [-0.25, -0.2) is 0 Å².